The van der Waals surface area contributed by atoms with Gasteiger partial charge < -0.3 is 10.1 Å². The number of nitrogens with one attached hydrogen (secondary N) is 2. The lowest BCUT2D eigenvalue weighted by molar-refractivity contribution is 0.222. The molecule has 0 aliphatic carbocycles. The molecule has 2 aromatic rings. The minimum atomic E-state index is -0.0213. The van der Waals surface area contributed by atoms with Crippen LogP contribution < -0.4 is 21.3 Å². The third kappa shape index (κ3) is 3.28. The van der Waals surface area contributed by atoms with E-state index in [1.807, 2.05) is 30.7 Å². The van der Waals surface area contributed by atoms with Crippen LogP contribution in [0.25, 0.3) is 0 Å². The Morgan fingerprint density at radius 3 is 2.67 bits per heavy atom. The van der Waals surface area contributed by atoms with Crippen LogP contribution in [0.1, 0.15) is 13.8 Å². The van der Waals surface area contributed by atoms with Gasteiger partial charge in [-0.05, 0) is 25.3 Å². The van der Waals surface area contributed by atoms with Gasteiger partial charge in [0.25, 0.3) is 0 Å². The van der Waals surface area contributed by atoms with Gasteiger partial charge in [0.2, 0.25) is 11.9 Å². The van der Waals surface area contributed by atoms with Crippen LogP contribution in [0, 0.1) is 0 Å². The highest BCUT2D eigenvalue weighted by atomic mass is 32.1. The highest BCUT2D eigenvalue weighted by molar-refractivity contribution is 7.08. The van der Waals surface area contributed by atoms with E-state index in [-0.39, 0.29) is 18.1 Å². The molecule has 4 N–H and O–H groups in total. The first-order valence-electron chi connectivity index (χ1n) is 5.36. The van der Waals surface area contributed by atoms with Gasteiger partial charge in [-0.1, -0.05) is 0 Å². The van der Waals surface area contributed by atoms with Crippen molar-refractivity contribution in [2.75, 3.05) is 10.7 Å². The Labute approximate surface area is 108 Å². The zero-order valence-corrected chi connectivity index (χ0v) is 10.9. The summed E-state index contributed by atoms with van der Waals surface area (Å²) in [6.45, 7) is 3.79. The monoisotopic (exact) mass is 266 g/mol. The predicted octanol–water partition coefficient (Wildman–Crippen LogP) is 1.75. The molecule has 0 spiro atoms. The van der Waals surface area contributed by atoms with E-state index in [0.717, 1.165) is 5.69 Å². The Morgan fingerprint density at radius 1 is 1.28 bits per heavy atom. The fraction of sp³-hybridized carbons (Fsp3) is 0.300. The summed E-state index contributed by atoms with van der Waals surface area (Å²) in [5.74, 6) is 5.94. The molecule has 0 radical (unpaired) electrons. The number of hydrogen-bond acceptors (Lipinski definition) is 8. The molecule has 0 bridgehead atoms. The van der Waals surface area contributed by atoms with Gasteiger partial charge in [-0.25, -0.2) is 5.84 Å². The molecular weight excluding hydrogens is 252 g/mol. The number of ether oxygens (including phenoxy) is 1. The zero-order valence-electron chi connectivity index (χ0n) is 10.0. The number of nitrogen functional groups attached to an aromatic ring is 1. The maximum absolute atomic E-state index is 5.42. The van der Waals surface area contributed by atoms with Crippen LogP contribution in [0.2, 0.25) is 0 Å². The summed E-state index contributed by atoms with van der Waals surface area (Å²) in [6, 6.07) is 2.15. The molecule has 2 heterocycles. The summed E-state index contributed by atoms with van der Waals surface area (Å²) >= 11 is 1.58. The van der Waals surface area contributed by atoms with E-state index in [2.05, 4.69) is 25.7 Å². The number of aromatic nitrogens is 3. The van der Waals surface area contributed by atoms with Gasteiger partial charge in [0.05, 0.1) is 11.8 Å². The van der Waals surface area contributed by atoms with Crippen molar-refractivity contribution < 1.29 is 4.74 Å². The fourth-order valence-corrected chi connectivity index (χ4v) is 1.79. The molecule has 0 fully saturated rings. The second kappa shape index (κ2) is 5.61. The SMILES string of the molecule is CC(C)Oc1nc(NN)nc(Nc2ccsc2)n1. The summed E-state index contributed by atoms with van der Waals surface area (Å²) in [4.78, 5) is 12.2. The van der Waals surface area contributed by atoms with E-state index in [1.165, 1.54) is 0 Å². The van der Waals surface area contributed by atoms with E-state index >= 15 is 0 Å². The van der Waals surface area contributed by atoms with Crippen molar-refractivity contribution in [1.82, 2.24) is 15.0 Å². The number of anilines is 3. The highest BCUT2D eigenvalue weighted by Crippen LogP contribution is 2.18. The molecule has 2 rings (SSSR count). The van der Waals surface area contributed by atoms with Crippen LogP contribution >= 0.6 is 11.3 Å². The minimum Gasteiger partial charge on any atom is -0.461 e. The molecule has 0 amide bonds. The summed E-state index contributed by atoms with van der Waals surface area (Å²) < 4.78 is 5.42. The first-order valence-corrected chi connectivity index (χ1v) is 6.30. The summed E-state index contributed by atoms with van der Waals surface area (Å²) in [5, 5.41) is 6.95. The number of nitrogens with zero attached hydrogens (tertiary/aromatic N) is 3. The van der Waals surface area contributed by atoms with Crippen molar-refractivity contribution in [3.8, 4) is 6.01 Å². The Balaban J connectivity index is 2.23. The minimum absolute atomic E-state index is 0.0213. The van der Waals surface area contributed by atoms with Crippen molar-refractivity contribution in [1.29, 1.82) is 0 Å². The Hall–Kier alpha value is -1.93. The van der Waals surface area contributed by atoms with Crippen molar-refractivity contribution in [2.45, 2.75) is 20.0 Å². The van der Waals surface area contributed by atoms with Gasteiger partial charge in [0, 0.05) is 5.38 Å². The van der Waals surface area contributed by atoms with Crippen molar-refractivity contribution >= 4 is 28.9 Å². The second-order valence-corrected chi connectivity index (χ2v) is 4.49. The molecule has 0 unspecified atom stereocenters. The lowest BCUT2D eigenvalue weighted by Gasteiger charge is -2.10. The van der Waals surface area contributed by atoms with Gasteiger partial charge in [-0.15, -0.1) is 0 Å². The number of rotatable bonds is 5. The summed E-state index contributed by atoms with van der Waals surface area (Å²) in [6.07, 6.45) is -0.0213. The predicted molar refractivity (Wildman–Crippen MR) is 71.0 cm³/mol. The molecule has 0 saturated heterocycles. The van der Waals surface area contributed by atoms with Crippen LogP contribution in [-0.2, 0) is 0 Å². The van der Waals surface area contributed by atoms with Gasteiger partial charge in [-0.3, -0.25) is 5.43 Å². The quantitative estimate of drug-likeness (QED) is 0.560. The van der Waals surface area contributed by atoms with E-state index in [0.29, 0.717) is 5.95 Å². The molecule has 0 atom stereocenters. The molecule has 0 aromatic carbocycles. The van der Waals surface area contributed by atoms with Crippen LogP contribution in [0.15, 0.2) is 16.8 Å². The van der Waals surface area contributed by atoms with Gasteiger partial charge >= 0.3 is 6.01 Å². The van der Waals surface area contributed by atoms with Crippen LogP contribution in [-0.4, -0.2) is 21.1 Å². The standard InChI is InChI=1S/C10H14N6OS/c1-6(2)17-10-14-8(13-9(15-10)16-11)12-7-3-4-18-5-7/h3-6H,11H2,1-2H3,(H2,12,13,14,15,16). The normalized spacial score (nSPS) is 10.4. The van der Waals surface area contributed by atoms with E-state index in [1.54, 1.807) is 11.3 Å². The molecule has 96 valence electrons. The highest BCUT2D eigenvalue weighted by Gasteiger charge is 2.08. The van der Waals surface area contributed by atoms with Crippen molar-refractivity contribution in [3.63, 3.8) is 0 Å². The number of hydrogen-bond donors (Lipinski definition) is 3. The van der Waals surface area contributed by atoms with Crippen LogP contribution in [0.5, 0.6) is 6.01 Å². The molecule has 0 aliphatic rings. The Kier molecular flexibility index (Phi) is 3.90. The lowest BCUT2D eigenvalue weighted by Crippen LogP contribution is -2.15. The summed E-state index contributed by atoms with van der Waals surface area (Å²) in [5.41, 5.74) is 3.29. The van der Waals surface area contributed by atoms with Crippen LogP contribution in [0.3, 0.4) is 0 Å². The second-order valence-electron chi connectivity index (χ2n) is 3.71. The Bertz CT molecular complexity index is 501. The topological polar surface area (TPSA) is 98.0 Å². The molecular formula is C10H14N6OS. The lowest BCUT2D eigenvalue weighted by atomic mass is 10.5. The first kappa shape index (κ1) is 12.5. The van der Waals surface area contributed by atoms with Gasteiger partial charge in [0.15, 0.2) is 0 Å². The molecule has 18 heavy (non-hydrogen) atoms. The van der Waals surface area contributed by atoms with Gasteiger partial charge in [-0.2, -0.15) is 26.3 Å². The summed E-state index contributed by atoms with van der Waals surface area (Å²) in [7, 11) is 0. The molecule has 0 saturated carbocycles. The molecule has 2 aromatic heterocycles. The average molecular weight is 266 g/mol. The third-order valence-electron chi connectivity index (χ3n) is 1.86. The molecule has 7 nitrogen and oxygen atoms in total. The van der Waals surface area contributed by atoms with E-state index in [4.69, 9.17) is 10.6 Å². The number of hydrazine groups is 1. The number of thiophene rings is 1. The third-order valence-corrected chi connectivity index (χ3v) is 2.55. The van der Waals surface area contributed by atoms with E-state index in [9.17, 15) is 0 Å². The van der Waals surface area contributed by atoms with Gasteiger partial charge in [0.1, 0.15) is 0 Å². The largest absolute Gasteiger partial charge is 0.461 e. The van der Waals surface area contributed by atoms with Crippen LogP contribution in [0.4, 0.5) is 17.6 Å². The number of nitrogens with two attached hydrogens (primary N) is 1. The molecule has 8 heteroatoms. The average Bonchev–Trinajstić information content (AvgIpc) is 2.80. The molecule has 0 aliphatic heterocycles. The first-order chi connectivity index (χ1) is 8.67. The maximum Gasteiger partial charge on any atom is 0.323 e. The Morgan fingerprint density at radius 2 is 2.06 bits per heavy atom. The van der Waals surface area contributed by atoms with E-state index < -0.39 is 0 Å². The van der Waals surface area contributed by atoms with Crippen molar-refractivity contribution in [2.24, 2.45) is 5.84 Å². The maximum atomic E-state index is 5.42. The smallest absolute Gasteiger partial charge is 0.323 e. The fourth-order valence-electron chi connectivity index (χ4n) is 1.21. The zero-order chi connectivity index (χ0) is 13.0. The van der Waals surface area contributed by atoms with Crippen molar-refractivity contribution in [3.05, 3.63) is 16.8 Å².